The molecule has 1 aromatic carbocycles. The van der Waals surface area contributed by atoms with Crippen molar-refractivity contribution in [1.82, 2.24) is 5.32 Å². The van der Waals surface area contributed by atoms with E-state index >= 15 is 0 Å². The second kappa shape index (κ2) is 7.55. The third-order valence-corrected chi connectivity index (χ3v) is 2.83. The molecule has 0 aromatic heterocycles. The highest BCUT2D eigenvalue weighted by Crippen LogP contribution is 2.10. The number of carbonyl (C=O) groups excluding carboxylic acids is 1. The van der Waals surface area contributed by atoms with E-state index in [2.05, 4.69) is 17.2 Å². The first kappa shape index (κ1) is 15.2. The fraction of sp³-hybridized carbons (Fsp3) is 0.400. The standard InChI is InChI=1S/C15H18FNO2/c1-3-11(2)10-17-15(19)13-9-12(5-4-8-18)6-7-14(13)16/h6-7,9,11,18H,3,8,10H2,1-2H3,(H,17,19). The smallest absolute Gasteiger partial charge is 0.254 e. The highest BCUT2D eigenvalue weighted by Gasteiger charge is 2.12. The minimum Gasteiger partial charge on any atom is -0.384 e. The van der Waals surface area contributed by atoms with Crippen LogP contribution in [0.25, 0.3) is 0 Å². The number of rotatable bonds is 4. The molecule has 1 unspecified atom stereocenters. The zero-order valence-corrected chi connectivity index (χ0v) is 11.2. The number of nitrogens with one attached hydrogen (secondary N) is 1. The largest absolute Gasteiger partial charge is 0.384 e. The molecule has 0 radical (unpaired) electrons. The Morgan fingerprint density at radius 1 is 1.53 bits per heavy atom. The molecule has 19 heavy (non-hydrogen) atoms. The lowest BCUT2D eigenvalue weighted by atomic mass is 10.1. The number of amides is 1. The average molecular weight is 263 g/mol. The van der Waals surface area contributed by atoms with Crippen molar-refractivity contribution in [1.29, 1.82) is 0 Å². The number of halogens is 1. The van der Waals surface area contributed by atoms with Crippen molar-refractivity contribution in [2.45, 2.75) is 20.3 Å². The molecule has 0 spiro atoms. The van der Waals surface area contributed by atoms with Crippen molar-refractivity contribution in [2.24, 2.45) is 5.92 Å². The maximum atomic E-state index is 13.6. The summed E-state index contributed by atoms with van der Waals surface area (Å²) in [6.07, 6.45) is 0.949. The zero-order valence-electron chi connectivity index (χ0n) is 11.2. The van der Waals surface area contributed by atoms with Crippen LogP contribution in [0.2, 0.25) is 0 Å². The second-order valence-corrected chi connectivity index (χ2v) is 4.38. The molecule has 2 N–H and O–H groups in total. The topological polar surface area (TPSA) is 49.3 Å². The lowest BCUT2D eigenvalue weighted by Gasteiger charge is -2.10. The predicted molar refractivity (Wildman–Crippen MR) is 72.2 cm³/mol. The van der Waals surface area contributed by atoms with Crippen molar-refractivity contribution < 1.29 is 14.3 Å². The second-order valence-electron chi connectivity index (χ2n) is 4.38. The van der Waals surface area contributed by atoms with Gasteiger partial charge in [0.2, 0.25) is 0 Å². The minimum absolute atomic E-state index is 0.0203. The van der Waals surface area contributed by atoms with Crippen LogP contribution in [0.4, 0.5) is 4.39 Å². The van der Waals surface area contributed by atoms with E-state index in [4.69, 9.17) is 5.11 Å². The number of hydrogen-bond acceptors (Lipinski definition) is 2. The van der Waals surface area contributed by atoms with E-state index in [-0.39, 0.29) is 12.2 Å². The Bertz CT molecular complexity index is 503. The third kappa shape index (κ3) is 4.72. The zero-order chi connectivity index (χ0) is 14.3. The molecule has 1 rings (SSSR count). The van der Waals surface area contributed by atoms with Crippen LogP contribution >= 0.6 is 0 Å². The number of aliphatic hydroxyl groups is 1. The summed E-state index contributed by atoms with van der Waals surface area (Å²) in [5.41, 5.74) is 0.484. The Morgan fingerprint density at radius 2 is 2.26 bits per heavy atom. The van der Waals surface area contributed by atoms with E-state index in [1.54, 1.807) is 0 Å². The van der Waals surface area contributed by atoms with Gasteiger partial charge in [-0.05, 0) is 24.1 Å². The molecule has 1 amide bonds. The molecule has 0 aliphatic rings. The van der Waals surface area contributed by atoms with Gasteiger partial charge in [-0.15, -0.1) is 0 Å². The first-order chi connectivity index (χ1) is 9.08. The fourth-order valence-corrected chi connectivity index (χ4v) is 1.43. The summed E-state index contributed by atoms with van der Waals surface area (Å²) in [6, 6.07) is 4.08. The van der Waals surface area contributed by atoms with Gasteiger partial charge in [-0.25, -0.2) is 4.39 Å². The Kier molecular flexibility index (Phi) is 6.04. The van der Waals surface area contributed by atoms with E-state index < -0.39 is 11.7 Å². The Hall–Kier alpha value is -1.86. The summed E-state index contributed by atoms with van der Waals surface area (Å²) in [5, 5.41) is 11.3. The van der Waals surface area contributed by atoms with Crippen LogP contribution in [0.5, 0.6) is 0 Å². The lowest BCUT2D eigenvalue weighted by molar-refractivity contribution is 0.0943. The minimum atomic E-state index is -0.573. The van der Waals surface area contributed by atoms with Crippen LogP contribution in [0, 0.1) is 23.6 Å². The first-order valence-electron chi connectivity index (χ1n) is 6.26. The van der Waals surface area contributed by atoms with Gasteiger partial charge in [0.1, 0.15) is 12.4 Å². The van der Waals surface area contributed by atoms with Gasteiger partial charge in [-0.3, -0.25) is 4.79 Å². The molecule has 0 aliphatic heterocycles. The van der Waals surface area contributed by atoms with Crippen LogP contribution in [-0.4, -0.2) is 24.2 Å². The summed E-state index contributed by atoms with van der Waals surface area (Å²) in [6.45, 7) is 4.29. The number of hydrogen-bond donors (Lipinski definition) is 2. The van der Waals surface area contributed by atoms with Crippen LogP contribution in [0.3, 0.4) is 0 Å². The fourth-order valence-electron chi connectivity index (χ4n) is 1.43. The van der Waals surface area contributed by atoms with Gasteiger partial charge in [0.15, 0.2) is 0 Å². The monoisotopic (exact) mass is 263 g/mol. The van der Waals surface area contributed by atoms with Gasteiger partial charge in [0.05, 0.1) is 5.56 Å². The number of benzene rings is 1. The van der Waals surface area contributed by atoms with Crippen LogP contribution in [0.15, 0.2) is 18.2 Å². The highest BCUT2D eigenvalue weighted by molar-refractivity contribution is 5.94. The van der Waals surface area contributed by atoms with E-state index in [0.29, 0.717) is 18.0 Å². The molecular weight excluding hydrogens is 245 g/mol. The summed E-state index contributed by atoms with van der Waals surface area (Å²) in [7, 11) is 0. The molecule has 102 valence electrons. The summed E-state index contributed by atoms with van der Waals surface area (Å²) < 4.78 is 13.6. The SMILES string of the molecule is CCC(C)CNC(=O)c1cc(C#CCO)ccc1F. The van der Waals surface area contributed by atoms with Crippen molar-refractivity contribution in [3.05, 3.63) is 35.1 Å². The van der Waals surface area contributed by atoms with E-state index in [0.717, 1.165) is 6.42 Å². The van der Waals surface area contributed by atoms with Gasteiger partial charge >= 0.3 is 0 Å². The van der Waals surface area contributed by atoms with E-state index in [1.165, 1.54) is 18.2 Å². The molecule has 4 heteroatoms. The molecule has 0 bridgehead atoms. The molecule has 0 fully saturated rings. The Balaban J connectivity index is 2.83. The predicted octanol–water partition coefficient (Wildman–Crippen LogP) is 1.95. The maximum Gasteiger partial charge on any atom is 0.254 e. The molecule has 0 saturated heterocycles. The van der Waals surface area contributed by atoms with Crippen LogP contribution in [-0.2, 0) is 0 Å². The molecule has 0 heterocycles. The van der Waals surface area contributed by atoms with Gasteiger partial charge in [-0.2, -0.15) is 0 Å². The summed E-state index contributed by atoms with van der Waals surface area (Å²) >= 11 is 0. The van der Waals surface area contributed by atoms with E-state index in [1.807, 2.05) is 13.8 Å². The molecule has 0 aliphatic carbocycles. The van der Waals surface area contributed by atoms with Crippen molar-refractivity contribution >= 4 is 5.91 Å². The third-order valence-electron chi connectivity index (χ3n) is 2.83. The molecule has 1 atom stereocenters. The molecule has 0 saturated carbocycles. The van der Waals surface area contributed by atoms with Crippen LogP contribution < -0.4 is 5.32 Å². The summed E-state index contributed by atoms with van der Waals surface area (Å²) in [5.74, 6) is 4.45. The van der Waals surface area contributed by atoms with Gasteiger partial charge in [0, 0.05) is 12.1 Å². The van der Waals surface area contributed by atoms with Crippen molar-refractivity contribution in [3.63, 3.8) is 0 Å². The quantitative estimate of drug-likeness (QED) is 0.816. The summed E-state index contributed by atoms with van der Waals surface area (Å²) in [4.78, 5) is 11.9. The molecular formula is C15H18FNO2. The van der Waals surface area contributed by atoms with Gasteiger partial charge in [0.25, 0.3) is 5.91 Å². The molecule has 1 aromatic rings. The number of aliphatic hydroxyl groups excluding tert-OH is 1. The normalized spacial score (nSPS) is 11.4. The molecule has 3 nitrogen and oxygen atoms in total. The highest BCUT2D eigenvalue weighted by atomic mass is 19.1. The van der Waals surface area contributed by atoms with Crippen molar-refractivity contribution in [3.8, 4) is 11.8 Å². The van der Waals surface area contributed by atoms with Gasteiger partial charge < -0.3 is 10.4 Å². The van der Waals surface area contributed by atoms with E-state index in [9.17, 15) is 9.18 Å². The van der Waals surface area contributed by atoms with Gasteiger partial charge in [-0.1, -0.05) is 32.1 Å². The maximum absolute atomic E-state index is 13.6. The first-order valence-corrected chi connectivity index (χ1v) is 6.26. The Labute approximate surface area is 112 Å². The van der Waals surface area contributed by atoms with Crippen molar-refractivity contribution in [2.75, 3.05) is 13.2 Å². The number of carbonyl (C=O) groups is 1. The Morgan fingerprint density at radius 3 is 2.89 bits per heavy atom. The lowest BCUT2D eigenvalue weighted by Crippen LogP contribution is -2.28. The van der Waals surface area contributed by atoms with Crippen LogP contribution in [0.1, 0.15) is 36.2 Å². The average Bonchev–Trinajstić information content (AvgIpc) is 2.43.